The maximum atomic E-state index is 12.6. The second-order valence-corrected chi connectivity index (χ2v) is 6.93. The summed E-state index contributed by atoms with van der Waals surface area (Å²) in [5.74, 6) is 0.0864. The fourth-order valence-electron chi connectivity index (χ4n) is 3.23. The van der Waals surface area contributed by atoms with Crippen molar-refractivity contribution in [3.8, 4) is 11.3 Å². The van der Waals surface area contributed by atoms with Crippen LogP contribution in [0.15, 0.2) is 29.0 Å². The van der Waals surface area contributed by atoms with Gasteiger partial charge in [0.25, 0.3) is 5.91 Å². The molecule has 0 saturated heterocycles. The molecule has 2 aromatic rings. The van der Waals surface area contributed by atoms with E-state index in [1.807, 2.05) is 30.5 Å². The van der Waals surface area contributed by atoms with E-state index < -0.39 is 0 Å². The van der Waals surface area contributed by atoms with Gasteiger partial charge >= 0.3 is 0 Å². The van der Waals surface area contributed by atoms with E-state index in [9.17, 15) is 9.90 Å². The molecular weight excluding hydrogens is 308 g/mol. The van der Waals surface area contributed by atoms with Crippen molar-refractivity contribution in [3.05, 3.63) is 40.2 Å². The van der Waals surface area contributed by atoms with Crippen LogP contribution in [0.25, 0.3) is 11.3 Å². The lowest BCUT2D eigenvalue weighted by molar-refractivity contribution is 0.0871. The largest absolute Gasteiger partial charge is 0.396 e. The third-order valence-electron chi connectivity index (χ3n) is 4.61. The maximum Gasteiger partial charge on any atom is 0.253 e. The lowest BCUT2D eigenvalue weighted by Gasteiger charge is -2.31. The first-order chi connectivity index (χ1) is 11.2. The number of thiophene rings is 1. The Morgan fingerprint density at radius 3 is 2.87 bits per heavy atom. The number of aliphatic hydroxyl groups excluding tert-OH is 1. The van der Waals surface area contributed by atoms with Crippen molar-refractivity contribution >= 4 is 17.2 Å². The fraction of sp³-hybridized carbons (Fsp3) is 0.444. The number of aliphatic hydroxyl groups is 1. The van der Waals surface area contributed by atoms with Gasteiger partial charge in [0.1, 0.15) is 0 Å². The topological polar surface area (TPSA) is 62.2 Å². The summed E-state index contributed by atoms with van der Waals surface area (Å²) in [6.45, 7) is 2.01. The lowest BCUT2D eigenvalue weighted by Crippen LogP contribution is -2.43. The number of hydrogen-bond acceptors (Lipinski definition) is 4. The van der Waals surface area contributed by atoms with E-state index in [0.29, 0.717) is 5.56 Å². The van der Waals surface area contributed by atoms with E-state index in [4.69, 9.17) is 0 Å². The number of amides is 1. The third-order valence-corrected chi connectivity index (χ3v) is 5.29. The summed E-state index contributed by atoms with van der Waals surface area (Å²) in [5, 5.41) is 16.6. The summed E-state index contributed by atoms with van der Waals surface area (Å²) in [4.78, 5) is 17.1. The fourth-order valence-corrected chi connectivity index (χ4v) is 3.88. The van der Waals surface area contributed by atoms with Gasteiger partial charge in [0.15, 0.2) is 0 Å². The maximum absolute atomic E-state index is 12.6. The monoisotopic (exact) mass is 330 g/mol. The normalized spacial score (nSPS) is 21.1. The van der Waals surface area contributed by atoms with Gasteiger partial charge in [-0.1, -0.05) is 12.8 Å². The number of carbonyl (C=O) groups is 1. The summed E-state index contributed by atoms with van der Waals surface area (Å²) in [7, 11) is 0. The lowest BCUT2D eigenvalue weighted by atomic mass is 9.85. The second kappa shape index (κ2) is 7.23. The van der Waals surface area contributed by atoms with Gasteiger partial charge in [-0.15, -0.1) is 0 Å². The average Bonchev–Trinajstić information content (AvgIpc) is 3.09. The highest BCUT2D eigenvalue weighted by molar-refractivity contribution is 7.08. The summed E-state index contributed by atoms with van der Waals surface area (Å²) < 4.78 is 0. The third kappa shape index (κ3) is 3.62. The van der Waals surface area contributed by atoms with E-state index >= 15 is 0 Å². The number of aryl methyl sites for hydroxylation is 1. The molecule has 2 N–H and O–H groups in total. The Labute approximate surface area is 140 Å². The van der Waals surface area contributed by atoms with E-state index in [0.717, 1.165) is 42.6 Å². The summed E-state index contributed by atoms with van der Waals surface area (Å²) >= 11 is 1.63. The molecule has 1 amide bonds. The second-order valence-electron chi connectivity index (χ2n) is 6.15. The molecular formula is C18H22N2O2S. The number of rotatable bonds is 4. The molecule has 0 spiro atoms. The number of nitrogens with zero attached hydrogens (tertiary/aromatic N) is 1. The van der Waals surface area contributed by atoms with Crippen molar-refractivity contribution in [2.24, 2.45) is 5.92 Å². The van der Waals surface area contributed by atoms with Gasteiger partial charge in [0.05, 0.1) is 17.0 Å². The summed E-state index contributed by atoms with van der Waals surface area (Å²) in [6, 6.07) is 5.84. The number of nitrogens with one attached hydrogen (secondary N) is 1. The number of aromatic nitrogens is 1. The molecule has 2 aromatic heterocycles. The molecule has 122 valence electrons. The van der Waals surface area contributed by atoms with Crippen molar-refractivity contribution in [2.45, 2.75) is 38.6 Å². The van der Waals surface area contributed by atoms with Gasteiger partial charge in [-0.05, 0) is 43.3 Å². The Morgan fingerprint density at radius 1 is 1.35 bits per heavy atom. The van der Waals surface area contributed by atoms with Crippen molar-refractivity contribution in [2.75, 3.05) is 6.61 Å². The van der Waals surface area contributed by atoms with Crippen LogP contribution in [0, 0.1) is 12.8 Å². The van der Waals surface area contributed by atoms with E-state index in [1.165, 1.54) is 0 Å². The Balaban J connectivity index is 1.74. The van der Waals surface area contributed by atoms with Gasteiger partial charge in [-0.25, -0.2) is 0 Å². The molecule has 1 fully saturated rings. The highest BCUT2D eigenvalue weighted by Crippen LogP contribution is 2.25. The molecule has 0 aromatic carbocycles. The molecule has 1 saturated carbocycles. The predicted molar refractivity (Wildman–Crippen MR) is 92.6 cm³/mol. The minimum atomic E-state index is -0.0859. The van der Waals surface area contributed by atoms with Crippen molar-refractivity contribution in [1.82, 2.24) is 10.3 Å². The SMILES string of the molecule is Cc1nc(-c2ccsc2)ccc1C(=O)NC1CCCCC1CO. The highest BCUT2D eigenvalue weighted by Gasteiger charge is 2.26. The molecule has 0 aliphatic heterocycles. The quantitative estimate of drug-likeness (QED) is 0.903. The van der Waals surface area contributed by atoms with Gasteiger partial charge in [-0.2, -0.15) is 11.3 Å². The highest BCUT2D eigenvalue weighted by atomic mass is 32.1. The number of pyridine rings is 1. The smallest absolute Gasteiger partial charge is 0.253 e. The van der Waals surface area contributed by atoms with Crippen molar-refractivity contribution < 1.29 is 9.90 Å². The molecule has 3 rings (SSSR count). The number of carbonyl (C=O) groups excluding carboxylic acids is 1. The molecule has 2 unspecified atom stereocenters. The van der Waals surface area contributed by atoms with E-state index in [2.05, 4.69) is 15.7 Å². The molecule has 5 heteroatoms. The molecule has 0 radical (unpaired) electrons. The van der Waals surface area contributed by atoms with E-state index in [-0.39, 0.29) is 24.5 Å². The molecule has 1 aliphatic carbocycles. The Bertz CT molecular complexity index is 670. The Hall–Kier alpha value is -1.72. The van der Waals surface area contributed by atoms with Crippen LogP contribution >= 0.6 is 11.3 Å². The molecule has 0 bridgehead atoms. The average molecular weight is 330 g/mol. The van der Waals surface area contributed by atoms with Crippen LogP contribution in [-0.4, -0.2) is 28.6 Å². The van der Waals surface area contributed by atoms with Crippen molar-refractivity contribution in [3.63, 3.8) is 0 Å². The minimum absolute atomic E-state index is 0.0669. The zero-order valence-corrected chi connectivity index (χ0v) is 14.1. The predicted octanol–water partition coefficient (Wildman–Crippen LogP) is 3.40. The van der Waals surface area contributed by atoms with Gasteiger partial charge in [0, 0.05) is 29.5 Å². The first-order valence-electron chi connectivity index (χ1n) is 8.11. The Morgan fingerprint density at radius 2 is 2.17 bits per heavy atom. The van der Waals surface area contributed by atoms with Crippen LogP contribution in [-0.2, 0) is 0 Å². The summed E-state index contributed by atoms with van der Waals surface area (Å²) in [6.07, 6.45) is 4.16. The van der Waals surface area contributed by atoms with Crippen LogP contribution < -0.4 is 5.32 Å². The standard InChI is InChI=1S/C18H22N2O2S/c1-12-15(6-7-17(19-12)14-8-9-23-11-14)18(22)20-16-5-3-2-4-13(16)10-21/h6-9,11,13,16,21H,2-5,10H2,1H3,(H,20,22). The first kappa shape index (κ1) is 16.1. The van der Waals surface area contributed by atoms with Gasteiger partial charge in [-0.3, -0.25) is 9.78 Å². The molecule has 23 heavy (non-hydrogen) atoms. The van der Waals surface area contributed by atoms with Gasteiger partial charge in [0.2, 0.25) is 0 Å². The number of hydrogen-bond donors (Lipinski definition) is 2. The van der Waals surface area contributed by atoms with Crippen LogP contribution in [0.3, 0.4) is 0 Å². The van der Waals surface area contributed by atoms with Crippen molar-refractivity contribution in [1.29, 1.82) is 0 Å². The molecule has 4 nitrogen and oxygen atoms in total. The zero-order valence-electron chi connectivity index (χ0n) is 13.3. The molecule has 2 heterocycles. The van der Waals surface area contributed by atoms with E-state index in [1.54, 1.807) is 11.3 Å². The van der Waals surface area contributed by atoms with Gasteiger partial charge < -0.3 is 10.4 Å². The molecule has 2 atom stereocenters. The summed E-state index contributed by atoms with van der Waals surface area (Å²) in [5.41, 5.74) is 3.33. The van der Waals surface area contributed by atoms with Crippen LogP contribution in [0.4, 0.5) is 0 Å². The van der Waals surface area contributed by atoms with Crippen LogP contribution in [0.2, 0.25) is 0 Å². The molecule has 1 aliphatic rings. The van der Waals surface area contributed by atoms with Crippen LogP contribution in [0.1, 0.15) is 41.7 Å². The minimum Gasteiger partial charge on any atom is -0.396 e. The Kier molecular flexibility index (Phi) is 5.08. The van der Waals surface area contributed by atoms with Crippen LogP contribution in [0.5, 0.6) is 0 Å². The zero-order chi connectivity index (χ0) is 16.2. The first-order valence-corrected chi connectivity index (χ1v) is 9.05.